The maximum Gasteiger partial charge on any atom is 0.155 e. The Kier molecular flexibility index (Phi) is 2.10. The molecule has 0 aromatic rings. The molecular weight excluding hydrogens is 136 g/mol. The second-order valence-electron chi connectivity index (χ2n) is 2.28. The van der Waals surface area contributed by atoms with Crippen LogP contribution in [0.15, 0.2) is 4.40 Å². The van der Waals surface area contributed by atoms with Crippen LogP contribution >= 0.6 is 12.1 Å². The van der Waals surface area contributed by atoms with E-state index in [1.807, 2.05) is 13.8 Å². The molecule has 0 amide bonds. The summed E-state index contributed by atoms with van der Waals surface area (Å²) in [5.41, 5.74) is 0.833. The van der Waals surface area contributed by atoms with Gasteiger partial charge in [-0.25, -0.2) is 9.12 Å². The molecule has 0 fully saturated rings. The van der Waals surface area contributed by atoms with E-state index in [1.54, 1.807) is 0 Å². The van der Waals surface area contributed by atoms with Crippen molar-refractivity contribution in [3.63, 3.8) is 0 Å². The molecular formula is C5H10N2OS. The van der Waals surface area contributed by atoms with E-state index in [9.17, 15) is 0 Å². The zero-order valence-electron chi connectivity index (χ0n) is 5.46. The molecule has 0 bridgehead atoms. The Morgan fingerprint density at radius 3 is 2.67 bits per heavy atom. The molecule has 1 heterocycles. The van der Waals surface area contributed by atoms with Crippen molar-refractivity contribution in [2.24, 2.45) is 10.3 Å². The van der Waals surface area contributed by atoms with E-state index in [4.69, 9.17) is 5.11 Å². The molecule has 3 nitrogen and oxygen atoms in total. The van der Waals surface area contributed by atoms with E-state index in [1.165, 1.54) is 12.1 Å². The normalized spacial score (nSPS) is 27.1. The fourth-order valence-corrected chi connectivity index (χ4v) is 1.35. The number of aliphatic hydroxyl groups is 1. The molecule has 0 radical (unpaired) electrons. The first-order valence-corrected chi connectivity index (χ1v) is 3.66. The van der Waals surface area contributed by atoms with Gasteiger partial charge in [0.25, 0.3) is 0 Å². The topological polar surface area (TPSA) is 44.6 Å². The smallest absolute Gasteiger partial charge is 0.155 e. The van der Waals surface area contributed by atoms with E-state index in [2.05, 4.69) is 9.12 Å². The third kappa shape index (κ3) is 1.44. The molecule has 1 aliphatic rings. The Hall–Kier alpha value is -0.0600. The van der Waals surface area contributed by atoms with Crippen molar-refractivity contribution in [3.05, 3.63) is 0 Å². The summed E-state index contributed by atoms with van der Waals surface area (Å²) in [5.74, 6) is 0.336. The monoisotopic (exact) mass is 146 g/mol. The van der Waals surface area contributed by atoms with Gasteiger partial charge in [0.05, 0.1) is 17.8 Å². The van der Waals surface area contributed by atoms with Crippen molar-refractivity contribution in [3.8, 4) is 0 Å². The van der Waals surface area contributed by atoms with Crippen molar-refractivity contribution >= 4 is 17.8 Å². The first-order valence-electron chi connectivity index (χ1n) is 2.89. The van der Waals surface area contributed by atoms with Crippen molar-refractivity contribution in [1.29, 1.82) is 0 Å². The van der Waals surface area contributed by atoms with E-state index in [0.717, 1.165) is 5.71 Å². The predicted molar refractivity (Wildman–Crippen MR) is 39.0 cm³/mol. The van der Waals surface area contributed by atoms with Gasteiger partial charge in [-0.15, -0.1) is 0 Å². The Morgan fingerprint density at radius 1 is 1.78 bits per heavy atom. The van der Waals surface area contributed by atoms with Gasteiger partial charge in [-0.3, -0.25) is 0 Å². The Morgan fingerprint density at radius 2 is 2.44 bits per heavy atom. The number of hydrogen-bond donors (Lipinski definition) is 2. The summed E-state index contributed by atoms with van der Waals surface area (Å²) in [6.45, 7) is 4.02. The highest BCUT2D eigenvalue weighted by Crippen LogP contribution is 2.14. The third-order valence-corrected chi connectivity index (χ3v) is 1.82. The van der Waals surface area contributed by atoms with E-state index in [-0.39, 0.29) is 0 Å². The minimum absolute atomic E-state index is 0.336. The minimum Gasteiger partial charge on any atom is -0.372 e. The zero-order chi connectivity index (χ0) is 6.85. The van der Waals surface area contributed by atoms with Crippen molar-refractivity contribution in [1.82, 2.24) is 4.72 Å². The standard InChI is InChI=1S/C5H10N2OS/c1-3(2)4-5(8)7-9-6-4/h3,5,7-8H,1-2H3. The minimum atomic E-state index is -0.532. The van der Waals surface area contributed by atoms with Crippen molar-refractivity contribution in [2.75, 3.05) is 0 Å². The maximum atomic E-state index is 9.10. The average molecular weight is 146 g/mol. The van der Waals surface area contributed by atoms with Gasteiger partial charge < -0.3 is 5.11 Å². The number of nitrogens with one attached hydrogen (secondary N) is 1. The molecule has 1 aliphatic heterocycles. The average Bonchev–Trinajstić information content (AvgIpc) is 2.13. The molecule has 0 saturated carbocycles. The summed E-state index contributed by atoms with van der Waals surface area (Å²) in [4.78, 5) is 0. The van der Waals surface area contributed by atoms with Gasteiger partial charge in [-0.1, -0.05) is 13.8 Å². The summed E-state index contributed by atoms with van der Waals surface area (Å²) in [5, 5.41) is 9.10. The van der Waals surface area contributed by atoms with Crippen LogP contribution in [0.4, 0.5) is 0 Å². The lowest BCUT2D eigenvalue weighted by atomic mass is 10.1. The van der Waals surface area contributed by atoms with Crippen LogP contribution in [0.1, 0.15) is 13.8 Å². The molecule has 1 atom stereocenters. The molecule has 4 heteroatoms. The molecule has 0 aliphatic carbocycles. The van der Waals surface area contributed by atoms with Crippen LogP contribution in [0, 0.1) is 5.92 Å². The van der Waals surface area contributed by atoms with E-state index >= 15 is 0 Å². The molecule has 1 rings (SSSR count). The quantitative estimate of drug-likeness (QED) is 0.531. The van der Waals surface area contributed by atoms with Crippen molar-refractivity contribution < 1.29 is 5.11 Å². The van der Waals surface area contributed by atoms with Gasteiger partial charge in [0.15, 0.2) is 6.23 Å². The molecule has 1 unspecified atom stereocenters. The summed E-state index contributed by atoms with van der Waals surface area (Å²) < 4.78 is 6.71. The highest BCUT2D eigenvalue weighted by molar-refractivity contribution is 7.96. The lowest BCUT2D eigenvalue weighted by Gasteiger charge is -2.06. The van der Waals surface area contributed by atoms with Crippen LogP contribution in [-0.2, 0) is 0 Å². The summed E-state index contributed by atoms with van der Waals surface area (Å²) in [6.07, 6.45) is -0.532. The molecule has 2 N–H and O–H groups in total. The van der Waals surface area contributed by atoms with Crippen LogP contribution in [-0.4, -0.2) is 17.0 Å². The largest absolute Gasteiger partial charge is 0.372 e. The second-order valence-corrected chi connectivity index (χ2v) is 2.88. The predicted octanol–water partition coefficient (Wildman–Crippen LogP) is 0.568. The SMILES string of the molecule is CC(C)C1=NSNC1O. The summed E-state index contributed by atoms with van der Waals surface area (Å²) in [6, 6.07) is 0. The highest BCUT2D eigenvalue weighted by atomic mass is 32.2. The first kappa shape index (κ1) is 7.05. The van der Waals surface area contributed by atoms with Gasteiger partial charge >= 0.3 is 0 Å². The first-order chi connectivity index (χ1) is 4.22. The fraction of sp³-hybridized carbons (Fsp3) is 0.800. The Labute approximate surface area is 58.8 Å². The van der Waals surface area contributed by atoms with Crippen LogP contribution in [0.5, 0.6) is 0 Å². The zero-order valence-corrected chi connectivity index (χ0v) is 6.27. The Bertz CT molecular complexity index is 135. The molecule has 0 aromatic carbocycles. The van der Waals surface area contributed by atoms with E-state index in [0.29, 0.717) is 5.92 Å². The number of aliphatic hydroxyl groups excluding tert-OH is 1. The second kappa shape index (κ2) is 2.68. The van der Waals surface area contributed by atoms with Gasteiger partial charge in [-0.05, 0) is 5.92 Å². The lowest BCUT2D eigenvalue weighted by molar-refractivity contribution is 0.233. The van der Waals surface area contributed by atoms with Gasteiger partial charge in [0.1, 0.15) is 0 Å². The summed E-state index contributed by atoms with van der Waals surface area (Å²) in [7, 11) is 0. The third-order valence-electron chi connectivity index (χ3n) is 1.19. The lowest BCUT2D eigenvalue weighted by Crippen LogP contribution is -2.29. The van der Waals surface area contributed by atoms with Crippen LogP contribution in [0.2, 0.25) is 0 Å². The van der Waals surface area contributed by atoms with Gasteiger partial charge in [-0.2, -0.15) is 0 Å². The van der Waals surface area contributed by atoms with Crippen LogP contribution < -0.4 is 4.72 Å². The summed E-state index contributed by atoms with van der Waals surface area (Å²) >= 11 is 1.21. The van der Waals surface area contributed by atoms with Gasteiger partial charge in [0, 0.05) is 0 Å². The maximum absolute atomic E-state index is 9.10. The van der Waals surface area contributed by atoms with E-state index < -0.39 is 6.23 Å². The number of rotatable bonds is 1. The fourth-order valence-electron chi connectivity index (χ4n) is 0.660. The van der Waals surface area contributed by atoms with Crippen LogP contribution in [0.3, 0.4) is 0 Å². The number of nitrogens with zero attached hydrogens (tertiary/aromatic N) is 1. The van der Waals surface area contributed by atoms with Gasteiger partial charge in [0.2, 0.25) is 0 Å². The Balaban J connectivity index is 2.57. The van der Waals surface area contributed by atoms with Crippen molar-refractivity contribution in [2.45, 2.75) is 20.1 Å². The number of hydrogen-bond acceptors (Lipinski definition) is 4. The molecule has 9 heavy (non-hydrogen) atoms. The molecule has 52 valence electrons. The molecule has 0 spiro atoms. The van der Waals surface area contributed by atoms with Crippen LogP contribution in [0.25, 0.3) is 0 Å². The highest BCUT2D eigenvalue weighted by Gasteiger charge is 2.20. The molecule has 0 saturated heterocycles. The molecule has 0 aromatic heterocycles.